The first-order chi connectivity index (χ1) is 12.3. The van der Waals surface area contributed by atoms with E-state index in [2.05, 4.69) is 20.9 Å². The smallest absolute Gasteiger partial charge is 0.246 e. The third-order valence-electron chi connectivity index (χ3n) is 4.07. The molecule has 4 rings (SSSR count). The Morgan fingerprint density at radius 3 is 2.60 bits per heavy atom. The highest BCUT2D eigenvalue weighted by Crippen LogP contribution is 2.38. The van der Waals surface area contributed by atoms with Crippen LogP contribution in [0.4, 0.5) is 17.1 Å². The second-order valence-electron chi connectivity index (χ2n) is 6.24. The maximum Gasteiger partial charge on any atom is 0.246 e. The van der Waals surface area contributed by atoms with Gasteiger partial charge in [0.1, 0.15) is 6.54 Å². The predicted molar refractivity (Wildman–Crippen MR) is 96.8 cm³/mol. The molecule has 3 aromatic rings. The summed E-state index contributed by atoms with van der Waals surface area (Å²) in [6.07, 6.45) is 4.21. The fraction of sp³-hybridized carbons (Fsp3) is 0.211. The molecule has 0 atom stereocenters. The molecule has 6 nitrogen and oxygen atoms in total. The van der Waals surface area contributed by atoms with Crippen molar-refractivity contribution >= 4 is 23.0 Å². The topological polar surface area (TPSA) is 71.8 Å². The number of carbonyl (C=O) groups excluding carboxylic acids is 1. The van der Waals surface area contributed by atoms with Gasteiger partial charge in [-0.2, -0.15) is 0 Å². The zero-order chi connectivity index (χ0) is 17.1. The lowest BCUT2D eigenvalue weighted by atomic mass is 10.2. The number of nitrogens with zero attached hydrogens (tertiary/aromatic N) is 3. The van der Waals surface area contributed by atoms with E-state index >= 15 is 0 Å². The molecule has 6 heteroatoms. The van der Waals surface area contributed by atoms with Crippen LogP contribution in [0.1, 0.15) is 24.5 Å². The van der Waals surface area contributed by atoms with E-state index in [1.807, 2.05) is 60.8 Å². The highest BCUT2D eigenvalue weighted by molar-refractivity contribution is 5.91. The molecule has 0 saturated heterocycles. The van der Waals surface area contributed by atoms with Crippen LogP contribution in [-0.4, -0.2) is 20.9 Å². The molecule has 2 aromatic carbocycles. The summed E-state index contributed by atoms with van der Waals surface area (Å²) in [6, 6.07) is 17.5. The summed E-state index contributed by atoms with van der Waals surface area (Å²) in [5.41, 5.74) is 3.65. The van der Waals surface area contributed by atoms with Crippen LogP contribution < -0.4 is 10.6 Å². The first-order valence-electron chi connectivity index (χ1n) is 8.38. The van der Waals surface area contributed by atoms with Gasteiger partial charge >= 0.3 is 0 Å². The molecule has 0 aliphatic heterocycles. The van der Waals surface area contributed by atoms with E-state index in [1.54, 1.807) is 4.68 Å². The van der Waals surface area contributed by atoms with Gasteiger partial charge in [-0.15, -0.1) is 5.10 Å². The van der Waals surface area contributed by atoms with Crippen LogP contribution in [0, 0.1) is 0 Å². The standard InChI is InChI=1S/C19H19N5O/c25-19(13-24-12-18(22-23-24)14-9-10-14)21-17-8-4-7-16(11-17)20-15-5-2-1-3-6-15/h1-8,11-12,14,20H,9-10,13H2,(H,21,25). The Labute approximate surface area is 145 Å². The summed E-state index contributed by atoms with van der Waals surface area (Å²) >= 11 is 0. The van der Waals surface area contributed by atoms with Crippen molar-refractivity contribution in [1.82, 2.24) is 15.0 Å². The van der Waals surface area contributed by atoms with E-state index in [0.29, 0.717) is 5.92 Å². The number of para-hydroxylation sites is 1. The normalized spacial score (nSPS) is 13.4. The van der Waals surface area contributed by atoms with Gasteiger partial charge in [0.2, 0.25) is 5.91 Å². The summed E-state index contributed by atoms with van der Waals surface area (Å²) < 4.78 is 1.59. The lowest BCUT2D eigenvalue weighted by molar-refractivity contribution is -0.116. The van der Waals surface area contributed by atoms with Gasteiger partial charge < -0.3 is 10.6 Å². The number of benzene rings is 2. The zero-order valence-electron chi connectivity index (χ0n) is 13.7. The first-order valence-corrected chi connectivity index (χ1v) is 8.38. The fourth-order valence-corrected chi connectivity index (χ4v) is 2.67. The van der Waals surface area contributed by atoms with Gasteiger partial charge in [-0.25, -0.2) is 4.68 Å². The maximum atomic E-state index is 12.2. The molecule has 0 radical (unpaired) electrons. The van der Waals surface area contributed by atoms with Gasteiger partial charge in [0.25, 0.3) is 0 Å². The summed E-state index contributed by atoms with van der Waals surface area (Å²) in [6.45, 7) is 0.163. The lowest BCUT2D eigenvalue weighted by Crippen LogP contribution is -2.19. The van der Waals surface area contributed by atoms with Gasteiger partial charge in [0.15, 0.2) is 0 Å². The maximum absolute atomic E-state index is 12.2. The third kappa shape index (κ3) is 4.03. The van der Waals surface area contributed by atoms with Gasteiger partial charge in [0, 0.05) is 29.2 Å². The van der Waals surface area contributed by atoms with E-state index in [1.165, 1.54) is 12.8 Å². The number of amides is 1. The number of nitrogens with one attached hydrogen (secondary N) is 2. The Morgan fingerprint density at radius 2 is 1.80 bits per heavy atom. The number of rotatable bonds is 6. The van der Waals surface area contributed by atoms with Crippen molar-refractivity contribution in [2.45, 2.75) is 25.3 Å². The van der Waals surface area contributed by atoms with Crippen molar-refractivity contribution in [2.75, 3.05) is 10.6 Å². The van der Waals surface area contributed by atoms with Crippen LogP contribution in [0.15, 0.2) is 60.8 Å². The number of carbonyl (C=O) groups is 1. The van der Waals surface area contributed by atoms with Crippen molar-refractivity contribution in [3.63, 3.8) is 0 Å². The molecule has 1 fully saturated rings. The lowest BCUT2D eigenvalue weighted by Gasteiger charge is -2.09. The molecule has 2 N–H and O–H groups in total. The predicted octanol–water partition coefficient (Wildman–Crippen LogP) is 3.54. The molecule has 25 heavy (non-hydrogen) atoms. The molecule has 0 unspecified atom stereocenters. The molecule has 1 amide bonds. The van der Waals surface area contributed by atoms with Gasteiger partial charge in [0.05, 0.1) is 5.69 Å². The Kier molecular flexibility index (Phi) is 4.16. The van der Waals surface area contributed by atoms with E-state index in [9.17, 15) is 4.79 Å². The number of hydrogen-bond acceptors (Lipinski definition) is 4. The van der Waals surface area contributed by atoms with E-state index < -0.39 is 0 Å². The zero-order valence-corrected chi connectivity index (χ0v) is 13.7. The Morgan fingerprint density at radius 1 is 1.04 bits per heavy atom. The number of anilines is 3. The average Bonchev–Trinajstić information content (AvgIpc) is 3.36. The van der Waals surface area contributed by atoms with Crippen LogP contribution in [0.25, 0.3) is 0 Å². The molecular formula is C19H19N5O. The van der Waals surface area contributed by atoms with E-state index in [4.69, 9.17) is 0 Å². The number of hydrogen-bond donors (Lipinski definition) is 2. The third-order valence-corrected chi connectivity index (χ3v) is 4.07. The second-order valence-corrected chi connectivity index (χ2v) is 6.24. The molecule has 1 saturated carbocycles. The van der Waals surface area contributed by atoms with Crippen molar-refractivity contribution in [1.29, 1.82) is 0 Å². The molecule has 1 heterocycles. The van der Waals surface area contributed by atoms with Crippen molar-refractivity contribution in [3.8, 4) is 0 Å². The average molecular weight is 333 g/mol. The molecule has 1 aliphatic rings. The van der Waals surface area contributed by atoms with Crippen LogP contribution in [-0.2, 0) is 11.3 Å². The monoisotopic (exact) mass is 333 g/mol. The molecule has 0 bridgehead atoms. The molecule has 0 spiro atoms. The largest absolute Gasteiger partial charge is 0.355 e. The van der Waals surface area contributed by atoms with E-state index in [0.717, 1.165) is 22.8 Å². The SMILES string of the molecule is O=C(Cn1cc(C2CC2)nn1)Nc1cccc(Nc2ccccc2)c1. The quantitative estimate of drug-likeness (QED) is 0.724. The van der Waals surface area contributed by atoms with Crippen LogP contribution in [0.2, 0.25) is 0 Å². The highest BCUT2D eigenvalue weighted by Gasteiger charge is 2.26. The van der Waals surface area contributed by atoms with Crippen LogP contribution in [0.3, 0.4) is 0 Å². The summed E-state index contributed by atoms with van der Waals surface area (Å²) in [5.74, 6) is 0.418. The summed E-state index contributed by atoms with van der Waals surface area (Å²) in [7, 11) is 0. The molecule has 1 aliphatic carbocycles. The second kappa shape index (κ2) is 6.76. The van der Waals surface area contributed by atoms with Gasteiger partial charge in [-0.1, -0.05) is 29.5 Å². The Hall–Kier alpha value is -3.15. The Bertz CT molecular complexity index is 870. The van der Waals surface area contributed by atoms with Crippen molar-refractivity contribution in [3.05, 3.63) is 66.5 Å². The van der Waals surface area contributed by atoms with Gasteiger partial charge in [-0.05, 0) is 43.2 Å². The highest BCUT2D eigenvalue weighted by atomic mass is 16.2. The minimum Gasteiger partial charge on any atom is -0.355 e. The van der Waals surface area contributed by atoms with Crippen LogP contribution >= 0.6 is 0 Å². The minimum atomic E-state index is -0.121. The fourth-order valence-electron chi connectivity index (χ4n) is 2.67. The molecule has 1 aromatic heterocycles. The van der Waals surface area contributed by atoms with Crippen molar-refractivity contribution < 1.29 is 4.79 Å². The van der Waals surface area contributed by atoms with E-state index in [-0.39, 0.29) is 12.5 Å². The summed E-state index contributed by atoms with van der Waals surface area (Å²) in [4.78, 5) is 12.2. The number of aromatic nitrogens is 3. The van der Waals surface area contributed by atoms with Crippen molar-refractivity contribution in [2.24, 2.45) is 0 Å². The van der Waals surface area contributed by atoms with Crippen LogP contribution in [0.5, 0.6) is 0 Å². The first kappa shape index (κ1) is 15.4. The summed E-state index contributed by atoms with van der Waals surface area (Å²) in [5, 5.41) is 14.4. The molecule has 126 valence electrons. The minimum absolute atomic E-state index is 0.121. The molecular weight excluding hydrogens is 314 g/mol. The Balaban J connectivity index is 1.38. The van der Waals surface area contributed by atoms with Gasteiger partial charge in [-0.3, -0.25) is 4.79 Å².